The lowest BCUT2D eigenvalue weighted by molar-refractivity contribution is -0.146. The molecule has 1 aliphatic heterocycles. The van der Waals surface area contributed by atoms with Gasteiger partial charge >= 0.3 is 0 Å². The Morgan fingerprint density at radius 2 is 1.65 bits per heavy atom. The highest BCUT2D eigenvalue weighted by Gasteiger charge is 2.42. The van der Waals surface area contributed by atoms with Crippen LogP contribution in [0.4, 0.5) is 0 Å². The number of carbonyl (C=O) groups is 4. The van der Waals surface area contributed by atoms with Crippen molar-refractivity contribution >= 4 is 23.6 Å². The number of nitrogens with zero attached hydrogens (tertiary/aromatic N) is 2. The largest absolute Gasteiger partial charge is 0.379 e. The van der Waals surface area contributed by atoms with E-state index in [4.69, 9.17) is 25.7 Å². The number of methoxy groups -OCH3 is 2. The molecule has 0 spiro atoms. The normalized spacial score (nSPS) is 19.2. The Labute approximate surface area is 278 Å². The molecule has 12 heteroatoms. The first-order chi connectivity index (χ1) is 21.1. The van der Waals surface area contributed by atoms with Crippen LogP contribution in [0.15, 0.2) is 0 Å². The Hall–Kier alpha value is -2.28. The van der Waals surface area contributed by atoms with Crippen LogP contribution in [0.5, 0.6) is 0 Å². The molecule has 6 atom stereocenters. The monoisotopic (exact) mass is 655 g/mol. The van der Waals surface area contributed by atoms with E-state index >= 15 is 0 Å². The molecule has 1 aliphatic rings. The number of nitrogens with two attached hydrogens (primary N) is 2. The molecule has 0 aromatic rings. The number of carbonyl (C=O) groups excluding carboxylic acids is 4. The third-order valence-corrected chi connectivity index (χ3v) is 9.20. The maximum Gasteiger partial charge on any atom is 0.225 e. The predicted molar refractivity (Wildman–Crippen MR) is 180 cm³/mol. The fourth-order valence-corrected chi connectivity index (χ4v) is 6.19. The Kier molecular flexibility index (Phi) is 16.1. The number of amides is 4. The number of hydrogen-bond donors (Lipinski definition) is 3. The maximum atomic E-state index is 13.7. The second-order valence-electron chi connectivity index (χ2n) is 15.2. The van der Waals surface area contributed by atoms with Crippen molar-refractivity contribution in [3.8, 4) is 0 Å². The van der Waals surface area contributed by atoms with E-state index in [2.05, 4.69) is 5.32 Å². The van der Waals surface area contributed by atoms with Crippen molar-refractivity contribution in [1.82, 2.24) is 15.1 Å². The van der Waals surface area contributed by atoms with Crippen LogP contribution in [-0.4, -0.2) is 109 Å². The van der Waals surface area contributed by atoms with Crippen LogP contribution in [0.3, 0.4) is 0 Å². The molecule has 1 fully saturated rings. The molecule has 0 bridgehead atoms. The molecule has 1 rings (SSSR count). The summed E-state index contributed by atoms with van der Waals surface area (Å²) in [5.41, 5.74) is 9.81. The molecule has 0 saturated carbocycles. The first-order valence-electron chi connectivity index (χ1n) is 16.7. The molecule has 1 heterocycles. The van der Waals surface area contributed by atoms with Gasteiger partial charge in [0.05, 0.1) is 48.8 Å². The van der Waals surface area contributed by atoms with Crippen molar-refractivity contribution in [2.75, 3.05) is 34.4 Å². The molecule has 0 radical (unpaired) electrons. The number of hydrogen-bond acceptors (Lipinski definition) is 8. The van der Waals surface area contributed by atoms with Gasteiger partial charge in [0.25, 0.3) is 0 Å². The fraction of sp³-hybridized carbons (Fsp3) is 0.882. The van der Waals surface area contributed by atoms with Crippen molar-refractivity contribution in [2.45, 2.75) is 148 Å². The van der Waals surface area contributed by atoms with E-state index in [0.717, 1.165) is 12.8 Å². The van der Waals surface area contributed by atoms with Crippen LogP contribution in [0.2, 0.25) is 0 Å². The Morgan fingerprint density at radius 3 is 2.15 bits per heavy atom. The van der Waals surface area contributed by atoms with Crippen molar-refractivity contribution in [1.29, 1.82) is 0 Å². The zero-order valence-electron chi connectivity index (χ0n) is 30.7. The predicted octanol–water partition coefficient (Wildman–Crippen LogP) is 2.99. The standard InChI is InChI=1S/C34H65N5O7/c1-13-22(2)29(25(44-11)19-27(41)39-18-14-15-24(39)30(45-12)23(3)31(35)43)38(10)28(42)20-33(6,7)37-26(40)16-17-34(8,9)46-21-32(4,5)36/h22-25,29-30H,13-21,36H2,1-12H3,(H2,35,43)(H,37,40). The molecule has 6 unspecified atom stereocenters. The smallest absolute Gasteiger partial charge is 0.225 e. The minimum atomic E-state index is -0.805. The van der Waals surface area contributed by atoms with Gasteiger partial charge < -0.3 is 40.8 Å². The van der Waals surface area contributed by atoms with Gasteiger partial charge in [-0.25, -0.2) is 0 Å². The number of ether oxygens (including phenoxy) is 3. The zero-order valence-corrected chi connectivity index (χ0v) is 30.7. The Bertz CT molecular complexity index is 1010. The molecule has 5 N–H and O–H groups in total. The number of likely N-dealkylation sites (N-methyl/N-ethyl adjacent to an activating group) is 1. The quantitative estimate of drug-likeness (QED) is 0.180. The van der Waals surface area contributed by atoms with Crippen LogP contribution in [0, 0.1) is 11.8 Å². The van der Waals surface area contributed by atoms with Crippen molar-refractivity contribution in [3.05, 3.63) is 0 Å². The van der Waals surface area contributed by atoms with Gasteiger partial charge in [-0.2, -0.15) is 0 Å². The summed E-state index contributed by atoms with van der Waals surface area (Å²) in [4.78, 5) is 55.7. The third kappa shape index (κ3) is 13.1. The van der Waals surface area contributed by atoms with E-state index in [1.54, 1.807) is 30.9 Å². The number of rotatable bonds is 20. The van der Waals surface area contributed by atoms with Gasteiger partial charge in [-0.15, -0.1) is 0 Å². The highest BCUT2D eigenvalue weighted by atomic mass is 16.5. The van der Waals surface area contributed by atoms with Crippen LogP contribution in [-0.2, 0) is 33.4 Å². The van der Waals surface area contributed by atoms with E-state index in [1.807, 2.05) is 55.4 Å². The summed E-state index contributed by atoms with van der Waals surface area (Å²) in [6.07, 6.45) is 2.09. The average molecular weight is 656 g/mol. The summed E-state index contributed by atoms with van der Waals surface area (Å²) in [5, 5.41) is 3.02. The average Bonchev–Trinajstić information content (AvgIpc) is 3.43. The minimum absolute atomic E-state index is 0.0288. The molecule has 46 heavy (non-hydrogen) atoms. The first kappa shape index (κ1) is 41.7. The Morgan fingerprint density at radius 1 is 1.04 bits per heavy atom. The number of primary amides is 1. The van der Waals surface area contributed by atoms with Crippen LogP contribution >= 0.6 is 0 Å². The zero-order chi connectivity index (χ0) is 35.6. The molecular weight excluding hydrogens is 590 g/mol. The summed E-state index contributed by atoms with van der Waals surface area (Å²) < 4.78 is 17.5. The summed E-state index contributed by atoms with van der Waals surface area (Å²) in [7, 11) is 4.83. The van der Waals surface area contributed by atoms with E-state index in [0.29, 0.717) is 26.0 Å². The third-order valence-electron chi connectivity index (χ3n) is 9.20. The van der Waals surface area contributed by atoms with Crippen molar-refractivity contribution < 1.29 is 33.4 Å². The van der Waals surface area contributed by atoms with Crippen LogP contribution < -0.4 is 16.8 Å². The Balaban J connectivity index is 2.98. The molecule has 0 aromatic carbocycles. The maximum absolute atomic E-state index is 13.7. The molecule has 0 aromatic heterocycles. The molecule has 12 nitrogen and oxygen atoms in total. The van der Waals surface area contributed by atoms with Gasteiger partial charge in [-0.3, -0.25) is 19.2 Å². The topological polar surface area (TPSA) is 167 Å². The molecule has 268 valence electrons. The van der Waals surface area contributed by atoms with E-state index in [1.165, 1.54) is 7.11 Å². The molecule has 0 aliphatic carbocycles. The lowest BCUT2D eigenvalue weighted by atomic mass is 9.89. The van der Waals surface area contributed by atoms with Gasteiger partial charge in [-0.1, -0.05) is 27.2 Å². The van der Waals surface area contributed by atoms with Crippen LogP contribution in [0.25, 0.3) is 0 Å². The van der Waals surface area contributed by atoms with E-state index in [-0.39, 0.29) is 55.0 Å². The van der Waals surface area contributed by atoms with Crippen LogP contribution in [0.1, 0.15) is 107 Å². The fourth-order valence-electron chi connectivity index (χ4n) is 6.19. The van der Waals surface area contributed by atoms with Gasteiger partial charge in [0.15, 0.2) is 0 Å². The lowest BCUT2D eigenvalue weighted by Crippen LogP contribution is -2.54. The number of likely N-dealkylation sites (tertiary alicyclic amines) is 1. The summed E-state index contributed by atoms with van der Waals surface area (Å²) in [6, 6.07) is -0.653. The highest BCUT2D eigenvalue weighted by Crippen LogP contribution is 2.29. The van der Waals surface area contributed by atoms with Gasteiger partial charge in [-0.05, 0) is 66.7 Å². The number of nitrogens with one attached hydrogen (secondary N) is 1. The highest BCUT2D eigenvalue weighted by molar-refractivity contribution is 5.81. The molecular formula is C34H65N5O7. The molecule has 1 saturated heterocycles. The van der Waals surface area contributed by atoms with Gasteiger partial charge in [0, 0.05) is 51.7 Å². The second kappa shape index (κ2) is 17.8. The van der Waals surface area contributed by atoms with E-state index < -0.39 is 40.7 Å². The minimum Gasteiger partial charge on any atom is -0.379 e. The van der Waals surface area contributed by atoms with E-state index in [9.17, 15) is 19.2 Å². The van der Waals surface area contributed by atoms with Crippen molar-refractivity contribution in [3.63, 3.8) is 0 Å². The summed E-state index contributed by atoms with van der Waals surface area (Å²) >= 11 is 0. The lowest BCUT2D eigenvalue weighted by Gasteiger charge is -2.40. The summed E-state index contributed by atoms with van der Waals surface area (Å²) in [5.74, 6) is -1.43. The summed E-state index contributed by atoms with van der Waals surface area (Å²) in [6.45, 7) is 18.0. The first-order valence-corrected chi connectivity index (χ1v) is 16.7. The van der Waals surface area contributed by atoms with Gasteiger partial charge in [0.1, 0.15) is 0 Å². The van der Waals surface area contributed by atoms with Crippen molar-refractivity contribution in [2.24, 2.45) is 23.3 Å². The SMILES string of the molecule is CCC(C)C(C(CC(=O)N1CCCC1C(OC)C(C)C(N)=O)OC)N(C)C(=O)CC(C)(C)NC(=O)CCC(C)(C)OCC(C)(C)N. The second-order valence-corrected chi connectivity index (χ2v) is 15.2. The van der Waals surface area contributed by atoms with Gasteiger partial charge in [0.2, 0.25) is 23.6 Å². The molecule has 4 amide bonds.